The van der Waals surface area contributed by atoms with Gasteiger partial charge >= 0.3 is 6.09 Å². The smallest absolute Gasteiger partial charge is 0.410 e. The SMILES string of the molecule is CC1(C)OCc2cc([C@@H]3CN(CCCCCCOCCCCc4cccc(Br)c4)C(=O)O3)ccc2O1. The van der Waals surface area contributed by atoms with Crippen molar-refractivity contribution in [2.75, 3.05) is 26.3 Å². The van der Waals surface area contributed by atoms with Gasteiger partial charge in [-0.25, -0.2) is 4.79 Å². The highest BCUT2D eigenvalue weighted by molar-refractivity contribution is 9.10. The van der Waals surface area contributed by atoms with Crippen LogP contribution in [0.4, 0.5) is 4.79 Å². The standard InChI is InChI=1S/C29H38BrNO5/c1-29(2)34-21-24-19-23(13-14-26(24)36-29)27-20-31(28(32)35-27)15-6-3-4-7-16-33-17-8-5-10-22-11-9-12-25(30)18-22/h9,11-14,18-19,27H,3-8,10,15-17,20-21H2,1-2H3/t27-/m0/s1. The summed E-state index contributed by atoms with van der Waals surface area (Å²) in [6.07, 6.45) is 7.12. The van der Waals surface area contributed by atoms with Gasteiger partial charge in [0.05, 0.1) is 13.2 Å². The van der Waals surface area contributed by atoms with Gasteiger partial charge in [0.1, 0.15) is 11.9 Å². The van der Waals surface area contributed by atoms with Crippen molar-refractivity contribution in [2.45, 2.75) is 77.3 Å². The van der Waals surface area contributed by atoms with Crippen LogP contribution in [0.15, 0.2) is 46.9 Å². The van der Waals surface area contributed by atoms with Crippen molar-refractivity contribution < 1.29 is 23.7 Å². The van der Waals surface area contributed by atoms with Gasteiger partial charge in [-0.05, 0) is 67.5 Å². The molecule has 1 saturated heterocycles. The van der Waals surface area contributed by atoms with Crippen LogP contribution < -0.4 is 4.74 Å². The van der Waals surface area contributed by atoms with Crippen molar-refractivity contribution in [2.24, 2.45) is 0 Å². The monoisotopic (exact) mass is 559 g/mol. The molecule has 4 rings (SSSR count). The van der Waals surface area contributed by atoms with Crippen LogP contribution in [0.25, 0.3) is 0 Å². The number of carbonyl (C=O) groups excluding carboxylic acids is 1. The Kier molecular flexibility index (Phi) is 9.68. The minimum atomic E-state index is -0.613. The Balaban J connectivity index is 1.05. The second kappa shape index (κ2) is 12.9. The van der Waals surface area contributed by atoms with Gasteiger partial charge < -0.3 is 23.8 Å². The molecule has 6 nitrogen and oxygen atoms in total. The summed E-state index contributed by atoms with van der Waals surface area (Å²) in [4.78, 5) is 14.2. The lowest BCUT2D eigenvalue weighted by Crippen LogP contribution is -2.35. The number of aryl methyl sites for hydroxylation is 1. The van der Waals surface area contributed by atoms with Gasteiger partial charge in [0.2, 0.25) is 5.79 Å². The van der Waals surface area contributed by atoms with Crippen molar-refractivity contribution >= 4 is 22.0 Å². The van der Waals surface area contributed by atoms with E-state index in [1.807, 2.05) is 36.9 Å². The first-order chi connectivity index (χ1) is 17.4. The molecule has 2 aromatic carbocycles. The van der Waals surface area contributed by atoms with E-state index in [-0.39, 0.29) is 12.2 Å². The molecule has 0 unspecified atom stereocenters. The van der Waals surface area contributed by atoms with Gasteiger partial charge in [-0.15, -0.1) is 0 Å². The van der Waals surface area contributed by atoms with Crippen LogP contribution in [0.2, 0.25) is 0 Å². The first kappa shape index (κ1) is 27.0. The van der Waals surface area contributed by atoms with Crippen LogP contribution in [-0.2, 0) is 27.2 Å². The van der Waals surface area contributed by atoms with Gasteiger partial charge in [0.15, 0.2) is 0 Å². The first-order valence-corrected chi connectivity index (χ1v) is 13.9. The zero-order valence-corrected chi connectivity index (χ0v) is 23.1. The largest absolute Gasteiger partial charge is 0.463 e. The number of fused-ring (bicyclic) bond motifs is 1. The second-order valence-corrected chi connectivity index (χ2v) is 11.0. The number of rotatable bonds is 13. The van der Waals surface area contributed by atoms with E-state index >= 15 is 0 Å². The number of ether oxygens (including phenoxy) is 4. The Morgan fingerprint density at radius 2 is 1.83 bits per heavy atom. The topological polar surface area (TPSA) is 57.2 Å². The molecule has 1 fully saturated rings. The van der Waals surface area contributed by atoms with Crippen LogP contribution in [0.5, 0.6) is 5.75 Å². The summed E-state index contributed by atoms with van der Waals surface area (Å²) in [6, 6.07) is 14.5. The molecule has 1 amide bonds. The number of amides is 1. The Hall–Kier alpha value is -2.09. The van der Waals surface area contributed by atoms with Crippen LogP contribution in [0.1, 0.15) is 75.2 Å². The molecule has 2 aliphatic rings. The fourth-order valence-corrected chi connectivity index (χ4v) is 5.06. The number of carbonyl (C=O) groups is 1. The third-order valence-electron chi connectivity index (χ3n) is 6.63. The van der Waals surface area contributed by atoms with Gasteiger partial charge in [0, 0.05) is 43.6 Å². The van der Waals surface area contributed by atoms with E-state index in [0.29, 0.717) is 13.2 Å². The molecule has 7 heteroatoms. The average Bonchev–Trinajstić information content (AvgIpc) is 3.22. The fraction of sp³-hybridized carbons (Fsp3) is 0.552. The number of cyclic esters (lactones) is 1. The molecule has 2 aromatic rings. The highest BCUT2D eigenvalue weighted by Gasteiger charge is 2.33. The first-order valence-electron chi connectivity index (χ1n) is 13.1. The molecule has 0 aromatic heterocycles. The van der Waals surface area contributed by atoms with E-state index in [9.17, 15) is 4.79 Å². The maximum atomic E-state index is 12.4. The number of hydrogen-bond acceptors (Lipinski definition) is 5. The summed E-state index contributed by atoms with van der Waals surface area (Å²) in [5, 5.41) is 0. The van der Waals surface area contributed by atoms with Crippen LogP contribution in [0.3, 0.4) is 0 Å². The molecule has 0 radical (unpaired) electrons. The van der Waals surface area contributed by atoms with Gasteiger partial charge in [-0.2, -0.15) is 0 Å². The second-order valence-electron chi connectivity index (χ2n) is 10.1. The molecule has 0 spiro atoms. The minimum Gasteiger partial charge on any atom is -0.463 e. The average molecular weight is 561 g/mol. The summed E-state index contributed by atoms with van der Waals surface area (Å²) in [7, 11) is 0. The summed E-state index contributed by atoms with van der Waals surface area (Å²) >= 11 is 3.52. The fourth-order valence-electron chi connectivity index (χ4n) is 4.61. The third-order valence-corrected chi connectivity index (χ3v) is 7.13. The van der Waals surface area contributed by atoms with Crippen LogP contribution in [0, 0.1) is 0 Å². The van der Waals surface area contributed by atoms with Gasteiger partial charge in [0.25, 0.3) is 0 Å². The maximum absolute atomic E-state index is 12.4. The zero-order chi connectivity index (χ0) is 25.4. The molecule has 36 heavy (non-hydrogen) atoms. The Morgan fingerprint density at radius 3 is 2.67 bits per heavy atom. The molecule has 196 valence electrons. The predicted octanol–water partition coefficient (Wildman–Crippen LogP) is 7.19. The van der Waals surface area contributed by atoms with Crippen molar-refractivity contribution in [1.29, 1.82) is 0 Å². The Labute approximate surface area is 223 Å². The number of benzene rings is 2. The predicted molar refractivity (Wildman–Crippen MR) is 143 cm³/mol. The maximum Gasteiger partial charge on any atom is 0.410 e. The van der Waals surface area contributed by atoms with Crippen molar-refractivity contribution in [3.8, 4) is 5.75 Å². The molecular formula is C29H38BrNO5. The van der Waals surface area contributed by atoms with Crippen molar-refractivity contribution in [1.82, 2.24) is 4.90 Å². The zero-order valence-electron chi connectivity index (χ0n) is 21.5. The number of unbranched alkanes of at least 4 members (excludes halogenated alkanes) is 4. The Bertz CT molecular complexity index is 1010. The number of halogens is 1. The van der Waals surface area contributed by atoms with Gasteiger partial charge in [-0.1, -0.05) is 47.0 Å². The van der Waals surface area contributed by atoms with E-state index < -0.39 is 5.79 Å². The number of nitrogens with zero attached hydrogens (tertiary/aromatic N) is 1. The lowest BCUT2D eigenvalue weighted by atomic mass is 10.0. The van der Waals surface area contributed by atoms with Crippen molar-refractivity contribution in [3.63, 3.8) is 0 Å². The molecule has 0 bridgehead atoms. The summed E-state index contributed by atoms with van der Waals surface area (Å²) in [5.74, 6) is 0.221. The van der Waals surface area contributed by atoms with E-state index in [1.165, 1.54) is 5.56 Å². The molecule has 2 aliphatic heterocycles. The van der Waals surface area contributed by atoms with E-state index in [4.69, 9.17) is 18.9 Å². The van der Waals surface area contributed by atoms with E-state index in [1.54, 1.807) is 0 Å². The highest BCUT2D eigenvalue weighted by atomic mass is 79.9. The molecular weight excluding hydrogens is 522 g/mol. The van der Waals surface area contributed by atoms with E-state index in [0.717, 1.165) is 86.1 Å². The van der Waals surface area contributed by atoms with Crippen molar-refractivity contribution in [3.05, 3.63) is 63.6 Å². The highest BCUT2D eigenvalue weighted by Crippen LogP contribution is 2.35. The van der Waals surface area contributed by atoms with Gasteiger partial charge in [-0.3, -0.25) is 0 Å². The molecule has 0 N–H and O–H groups in total. The summed E-state index contributed by atoms with van der Waals surface area (Å²) < 4.78 is 24.2. The lowest BCUT2D eigenvalue weighted by molar-refractivity contribution is -0.180. The summed E-state index contributed by atoms with van der Waals surface area (Å²) in [5.41, 5.74) is 3.35. The lowest BCUT2D eigenvalue weighted by Gasteiger charge is -2.32. The normalized spacial score (nSPS) is 18.6. The van der Waals surface area contributed by atoms with E-state index in [2.05, 4.69) is 40.2 Å². The quantitative estimate of drug-likeness (QED) is 0.243. The molecule has 0 aliphatic carbocycles. The van der Waals surface area contributed by atoms with Crippen LogP contribution >= 0.6 is 15.9 Å². The Morgan fingerprint density at radius 1 is 1.03 bits per heavy atom. The number of hydrogen-bond donors (Lipinski definition) is 0. The third kappa shape index (κ3) is 7.95. The minimum absolute atomic E-state index is 0.224. The van der Waals surface area contributed by atoms with Crippen LogP contribution in [-0.4, -0.2) is 43.1 Å². The molecule has 0 saturated carbocycles. The summed E-state index contributed by atoms with van der Waals surface area (Å²) in [6.45, 7) is 7.27. The molecule has 1 atom stereocenters. The molecule has 2 heterocycles.